The van der Waals surface area contributed by atoms with Gasteiger partial charge in [-0.2, -0.15) is 0 Å². The van der Waals surface area contributed by atoms with Crippen LogP contribution < -0.4 is 0 Å². The summed E-state index contributed by atoms with van der Waals surface area (Å²) in [7, 11) is 0. The largest absolute Gasteiger partial charge is 0.302 e. The van der Waals surface area contributed by atoms with Crippen molar-refractivity contribution in [2.45, 2.75) is 6.42 Å². The Kier molecular flexibility index (Phi) is 0.782. The van der Waals surface area contributed by atoms with Crippen molar-refractivity contribution in [1.82, 2.24) is 0 Å². The molecule has 0 aromatic rings. The average Bonchev–Trinajstić information content (AvgIpc) is 2.06. The fourth-order valence-electron chi connectivity index (χ4n) is 0.184. The topological polar surface area (TPSA) is 37.3 Å². The van der Waals surface area contributed by atoms with E-state index in [1.165, 1.54) is 0 Å². The molecule has 0 heterocycles. The highest BCUT2D eigenvalue weighted by Crippen LogP contribution is 2.19. The lowest BCUT2D eigenvalue weighted by atomic mass is 10.9. The molecule has 1 unspecified atom stereocenters. The third-order valence-corrected chi connectivity index (χ3v) is 1.38. The molecule has 1 rings (SSSR count). The zero-order chi connectivity index (χ0) is 4.57. The van der Waals surface area contributed by atoms with Crippen molar-refractivity contribution < 1.29 is 8.76 Å². The molecule has 6 heavy (non-hydrogen) atoms. The summed E-state index contributed by atoms with van der Waals surface area (Å²) in [6.07, 6.45) is 2.47. The molecule has 1 N–H and O–H groups in total. The van der Waals surface area contributed by atoms with Gasteiger partial charge in [-0.15, -0.1) is 0 Å². The fraction of sp³-hybridized carbons (Fsp3) is 0.333. The van der Waals surface area contributed by atoms with Crippen LogP contribution >= 0.6 is 0 Å². The van der Waals surface area contributed by atoms with E-state index in [-0.39, 0.29) is 0 Å². The third-order valence-electron chi connectivity index (χ3n) is 0.595. The van der Waals surface area contributed by atoms with Gasteiger partial charge in [0.2, 0.25) is 0 Å². The molecule has 3 heteroatoms. The second kappa shape index (κ2) is 1.17. The number of rotatable bonds is 1. The molecule has 1 atom stereocenters. The Hall–Kier alpha value is -0.150. The van der Waals surface area contributed by atoms with Gasteiger partial charge < -0.3 is 4.55 Å². The van der Waals surface area contributed by atoms with Crippen LogP contribution in [0.2, 0.25) is 0 Å². The van der Waals surface area contributed by atoms with Gasteiger partial charge >= 0.3 is 0 Å². The first-order chi connectivity index (χ1) is 2.80. The van der Waals surface area contributed by atoms with Gasteiger partial charge in [0.1, 0.15) is 0 Å². The number of hydrogen-bond donors (Lipinski definition) is 1. The summed E-state index contributed by atoms with van der Waals surface area (Å²) in [6.45, 7) is 0. The van der Waals surface area contributed by atoms with Gasteiger partial charge in [-0.3, -0.25) is 0 Å². The Morgan fingerprint density at radius 2 is 2.50 bits per heavy atom. The van der Waals surface area contributed by atoms with Crippen molar-refractivity contribution in [2.24, 2.45) is 0 Å². The molecule has 34 valence electrons. The summed E-state index contributed by atoms with van der Waals surface area (Å²) in [4.78, 5) is 0.662. The van der Waals surface area contributed by atoms with E-state index in [0.29, 0.717) is 4.91 Å². The highest BCUT2D eigenvalue weighted by Gasteiger charge is 2.11. The van der Waals surface area contributed by atoms with Crippen LogP contribution in [-0.4, -0.2) is 8.76 Å². The molecule has 0 bridgehead atoms. The molecule has 0 amide bonds. The molecule has 0 saturated carbocycles. The zero-order valence-electron chi connectivity index (χ0n) is 3.05. The lowest BCUT2D eigenvalue weighted by Gasteiger charge is -1.72. The Morgan fingerprint density at radius 3 is 2.50 bits per heavy atom. The van der Waals surface area contributed by atoms with Crippen LogP contribution in [0.25, 0.3) is 0 Å². The van der Waals surface area contributed by atoms with Crippen LogP contribution in [0.1, 0.15) is 6.42 Å². The molecule has 0 aliphatic heterocycles. The predicted octanol–water partition coefficient (Wildman–Crippen LogP) is 0.496. The minimum atomic E-state index is -1.65. The summed E-state index contributed by atoms with van der Waals surface area (Å²) in [5, 5.41) is 0. The normalized spacial score (nSPS) is 22.5. The minimum absolute atomic E-state index is 0.662. The molecule has 2 nitrogen and oxygen atoms in total. The van der Waals surface area contributed by atoms with Crippen LogP contribution in [0.5, 0.6) is 0 Å². The molecule has 0 spiro atoms. The van der Waals surface area contributed by atoms with Crippen molar-refractivity contribution >= 4 is 11.1 Å². The Labute approximate surface area is 38.2 Å². The fourth-order valence-corrected chi connectivity index (χ4v) is 0.553. The lowest BCUT2D eigenvalue weighted by molar-refractivity contribution is 0.572. The third kappa shape index (κ3) is 0.666. The number of hydrogen-bond acceptors (Lipinski definition) is 1. The van der Waals surface area contributed by atoms with Gasteiger partial charge in [0.05, 0.1) is 0 Å². The van der Waals surface area contributed by atoms with E-state index in [4.69, 9.17) is 4.55 Å². The van der Waals surface area contributed by atoms with E-state index in [9.17, 15) is 4.21 Å². The van der Waals surface area contributed by atoms with Gasteiger partial charge in [0.15, 0.2) is 11.1 Å². The Morgan fingerprint density at radius 1 is 2.00 bits per heavy atom. The number of allylic oxidation sites excluding steroid dienone is 2. The molecule has 0 saturated heterocycles. The second-order valence-corrected chi connectivity index (χ2v) is 2.15. The maximum atomic E-state index is 9.80. The standard InChI is InChI=1S/C3H4O2S/c4-6(5)3-1-2-3/h1H,2H2,(H,4,5). The van der Waals surface area contributed by atoms with Crippen LogP contribution in [-0.2, 0) is 11.1 Å². The van der Waals surface area contributed by atoms with Gasteiger partial charge in [0.25, 0.3) is 0 Å². The minimum Gasteiger partial charge on any atom is -0.302 e. The smallest absolute Gasteiger partial charge is 0.182 e. The first kappa shape index (κ1) is 4.02. The molecular weight excluding hydrogens is 100 g/mol. The van der Waals surface area contributed by atoms with Crippen LogP contribution in [0.15, 0.2) is 11.0 Å². The molecule has 0 aromatic heterocycles. The van der Waals surface area contributed by atoms with Crippen molar-refractivity contribution in [3.63, 3.8) is 0 Å². The van der Waals surface area contributed by atoms with Gasteiger partial charge in [-0.1, -0.05) is 6.08 Å². The van der Waals surface area contributed by atoms with Gasteiger partial charge in [-0.25, -0.2) is 4.21 Å². The summed E-state index contributed by atoms with van der Waals surface area (Å²) >= 11 is -1.65. The van der Waals surface area contributed by atoms with Crippen molar-refractivity contribution in [2.75, 3.05) is 0 Å². The first-order valence-corrected chi connectivity index (χ1v) is 2.71. The van der Waals surface area contributed by atoms with Gasteiger partial charge in [0, 0.05) is 11.3 Å². The first-order valence-electron chi connectivity index (χ1n) is 1.60. The van der Waals surface area contributed by atoms with E-state index in [1.54, 1.807) is 6.08 Å². The maximum Gasteiger partial charge on any atom is 0.182 e. The van der Waals surface area contributed by atoms with E-state index in [1.807, 2.05) is 0 Å². The lowest BCUT2D eigenvalue weighted by Crippen LogP contribution is -1.76. The van der Waals surface area contributed by atoms with Gasteiger partial charge in [-0.05, 0) is 0 Å². The maximum absolute atomic E-state index is 9.80. The van der Waals surface area contributed by atoms with E-state index < -0.39 is 11.1 Å². The van der Waals surface area contributed by atoms with Crippen LogP contribution in [0.3, 0.4) is 0 Å². The Balaban J connectivity index is 2.52. The predicted molar refractivity (Wildman–Crippen MR) is 23.5 cm³/mol. The van der Waals surface area contributed by atoms with Crippen LogP contribution in [0.4, 0.5) is 0 Å². The highest BCUT2D eigenvalue weighted by atomic mass is 32.2. The molecule has 0 radical (unpaired) electrons. The van der Waals surface area contributed by atoms with Crippen molar-refractivity contribution in [3.8, 4) is 0 Å². The summed E-state index contributed by atoms with van der Waals surface area (Å²) in [5.74, 6) is 0. The molecule has 1 aliphatic carbocycles. The van der Waals surface area contributed by atoms with E-state index in [0.717, 1.165) is 6.42 Å². The summed E-state index contributed by atoms with van der Waals surface area (Å²) in [5.41, 5.74) is 0. The van der Waals surface area contributed by atoms with Crippen molar-refractivity contribution in [3.05, 3.63) is 11.0 Å². The zero-order valence-corrected chi connectivity index (χ0v) is 3.86. The molecule has 0 fully saturated rings. The molecular formula is C3H4O2S. The highest BCUT2D eigenvalue weighted by molar-refractivity contribution is 7.83. The summed E-state index contributed by atoms with van der Waals surface area (Å²) in [6, 6.07) is 0. The van der Waals surface area contributed by atoms with E-state index >= 15 is 0 Å². The SMILES string of the molecule is O=S(O)C1=CC1. The quantitative estimate of drug-likeness (QED) is 0.492. The molecule has 0 aromatic carbocycles. The monoisotopic (exact) mass is 104 g/mol. The van der Waals surface area contributed by atoms with E-state index in [2.05, 4.69) is 0 Å². The van der Waals surface area contributed by atoms with Crippen molar-refractivity contribution in [1.29, 1.82) is 0 Å². The summed E-state index contributed by atoms with van der Waals surface area (Å²) < 4.78 is 17.9. The second-order valence-electron chi connectivity index (χ2n) is 1.12. The Bertz CT molecular complexity index is 116. The molecule has 1 aliphatic rings. The average molecular weight is 104 g/mol. The van der Waals surface area contributed by atoms with Crippen LogP contribution in [0, 0.1) is 0 Å².